The van der Waals surface area contributed by atoms with E-state index in [0.717, 1.165) is 43.1 Å². The van der Waals surface area contributed by atoms with Gasteiger partial charge in [-0.15, -0.1) is 0 Å². The first-order valence-corrected chi connectivity index (χ1v) is 7.93. The Kier molecular flexibility index (Phi) is 5.06. The minimum Gasteiger partial charge on any atom is -0.320 e. The Morgan fingerprint density at radius 1 is 1.08 bits per heavy atom. The second kappa shape index (κ2) is 7.23. The molecule has 3 rings (SSSR count). The summed E-state index contributed by atoms with van der Waals surface area (Å²) in [6, 6.07) is 7.43. The zero-order valence-electron chi connectivity index (χ0n) is 13.4. The molecule has 1 aliphatic rings. The number of hydrogen-bond donors (Lipinski definition) is 1. The smallest absolute Gasteiger partial charge is 0.149 e. The molecule has 1 unspecified atom stereocenters. The molecule has 1 atom stereocenters. The van der Waals surface area contributed by atoms with E-state index >= 15 is 0 Å². The van der Waals surface area contributed by atoms with Gasteiger partial charge in [0.05, 0.1) is 11.8 Å². The van der Waals surface area contributed by atoms with Crippen molar-refractivity contribution in [2.75, 3.05) is 18.7 Å². The fraction of sp³-hybridized carbons (Fsp3) is 0.333. The monoisotopic (exact) mass is 336 g/mol. The van der Waals surface area contributed by atoms with Crippen molar-refractivity contribution in [3.05, 3.63) is 59.4 Å². The van der Waals surface area contributed by atoms with E-state index in [1.54, 1.807) is 0 Å². The molecule has 6 heteroatoms. The molecule has 128 valence electrons. The minimum absolute atomic E-state index is 0.0128. The third-order valence-electron chi connectivity index (χ3n) is 4.04. The molecule has 0 saturated heterocycles. The zero-order chi connectivity index (χ0) is 17.1. The van der Waals surface area contributed by atoms with Crippen molar-refractivity contribution >= 4 is 11.4 Å². The van der Waals surface area contributed by atoms with E-state index in [9.17, 15) is 13.2 Å². The van der Waals surface area contributed by atoms with Gasteiger partial charge in [-0.05, 0) is 62.3 Å². The molecule has 1 heterocycles. The second-order valence-corrected chi connectivity index (χ2v) is 5.84. The van der Waals surface area contributed by atoms with Crippen LogP contribution >= 0.6 is 0 Å². The molecule has 1 aliphatic heterocycles. The summed E-state index contributed by atoms with van der Waals surface area (Å²) in [4.78, 5) is 5.90. The number of nitrogens with zero attached hydrogens (tertiary/aromatic N) is 1. The fourth-order valence-corrected chi connectivity index (χ4v) is 2.89. The lowest BCUT2D eigenvalue weighted by molar-refractivity contribution is 0.0357. The van der Waals surface area contributed by atoms with Gasteiger partial charge in [0.1, 0.15) is 23.1 Å². The summed E-state index contributed by atoms with van der Waals surface area (Å²) in [6.07, 6.45) is 1.90. The first-order valence-electron chi connectivity index (χ1n) is 7.93. The molecule has 0 fully saturated rings. The Morgan fingerprint density at radius 2 is 1.83 bits per heavy atom. The average molecular weight is 336 g/mol. The lowest BCUT2D eigenvalue weighted by Gasteiger charge is -2.35. The summed E-state index contributed by atoms with van der Waals surface area (Å²) >= 11 is 0. The summed E-state index contributed by atoms with van der Waals surface area (Å²) < 4.78 is 41.4. The predicted molar refractivity (Wildman–Crippen MR) is 86.6 cm³/mol. The quantitative estimate of drug-likeness (QED) is 0.832. The van der Waals surface area contributed by atoms with Crippen LogP contribution in [0.25, 0.3) is 0 Å². The van der Waals surface area contributed by atoms with Gasteiger partial charge in [0.15, 0.2) is 0 Å². The first kappa shape index (κ1) is 16.8. The molecule has 0 saturated carbocycles. The van der Waals surface area contributed by atoms with Gasteiger partial charge in [-0.3, -0.25) is 4.84 Å². The number of nitrogens with one attached hydrogen (secondary N) is 1. The summed E-state index contributed by atoms with van der Waals surface area (Å²) in [5.41, 5.74) is 1.24. The van der Waals surface area contributed by atoms with Crippen LogP contribution in [-0.4, -0.2) is 19.7 Å². The minimum atomic E-state index is -0.595. The largest absolute Gasteiger partial charge is 0.320 e. The van der Waals surface area contributed by atoms with Crippen LogP contribution in [-0.2, 0) is 11.3 Å². The SMILES string of the molecule is CNCCCC1Cc2cc(F)ccc2N(c2cc(F)ccc2F)O1. The number of halogens is 3. The van der Waals surface area contributed by atoms with Crippen LogP contribution in [0.2, 0.25) is 0 Å². The Balaban J connectivity index is 1.96. The van der Waals surface area contributed by atoms with Crippen molar-refractivity contribution in [2.45, 2.75) is 25.4 Å². The van der Waals surface area contributed by atoms with Gasteiger partial charge >= 0.3 is 0 Å². The summed E-state index contributed by atoms with van der Waals surface area (Å²) in [5.74, 6) is -1.51. The number of fused-ring (bicyclic) bond motifs is 1. The highest BCUT2D eigenvalue weighted by Gasteiger charge is 2.28. The maximum Gasteiger partial charge on any atom is 0.149 e. The summed E-state index contributed by atoms with van der Waals surface area (Å²) in [5, 5.41) is 4.33. The molecular weight excluding hydrogens is 317 g/mol. The van der Waals surface area contributed by atoms with E-state index in [-0.39, 0.29) is 17.6 Å². The molecule has 0 bridgehead atoms. The van der Waals surface area contributed by atoms with E-state index in [0.29, 0.717) is 12.1 Å². The molecule has 1 N–H and O–H groups in total. The number of hydrogen-bond acceptors (Lipinski definition) is 3. The highest BCUT2D eigenvalue weighted by Crippen LogP contribution is 2.37. The van der Waals surface area contributed by atoms with Gasteiger partial charge in [-0.1, -0.05) is 0 Å². The molecule has 24 heavy (non-hydrogen) atoms. The van der Waals surface area contributed by atoms with E-state index in [4.69, 9.17) is 4.84 Å². The molecule has 3 nitrogen and oxygen atoms in total. The number of anilines is 2. The van der Waals surface area contributed by atoms with Gasteiger partial charge in [0.25, 0.3) is 0 Å². The van der Waals surface area contributed by atoms with Crippen LogP contribution in [0.15, 0.2) is 36.4 Å². The van der Waals surface area contributed by atoms with Crippen LogP contribution in [0.3, 0.4) is 0 Å². The van der Waals surface area contributed by atoms with Gasteiger partial charge in [0.2, 0.25) is 0 Å². The van der Waals surface area contributed by atoms with Gasteiger partial charge in [-0.2, -0.15) is 0 Å². The highest BCUT2D eigenvalue weighted by atomic mass is 19.1. The van der Waals surface area contributed by atoms with E-state index < -0.39 is 11.6 Å². The van der Waals surface area contributed by atoms with Crippen LogP contribution in [0, 0.1) is 17.5 Å². The van der Waals surface area contributed by atoms with Gasteiger partial charge in [-0.25, -0.2) is 18.2 Å². The maximum absolute atomic E-state index is 14.2. The summed E-state index contributed by atoms with van der Waals surface area (Å²) in [6.45, 7) is 0.824. The molecule has 0 amide bonds. The molecule has 2 aromatic carbocycles. The molecule has 0 spiro atoms. The van der Waals surface area contributed by atoms with Crippen molar-refractivity contribution < 1.29 is 18.0 Å². The molecule has 2 aromatic rings. The Bertz CT molecular complexity index is 723. The number of rotatable bonds is 5. The van der Waals surface area contributed by atoms with Crippen molar-refractivity contribution in [3.8, 4) is 0 Å². The van der Waals surface area contributed by atoms with Gasteiger partial charge in [0, 0.05) is 12.5 Å². The first-order chi connectivity index (χ1) is 11.6. The fourth-order valence-electron chi connectivity index (χ4n) is 2.89. The zero-order valence-corrected chi connectivity index (χ0v) is 13.4. The lowest BCUT2D eigenvalue weighted by Crippen LogP contribution is -2.34. The van der Waals surface area contributed by atoms with Crippen molar-refractivity contribution in [2.24, 2.45) is 0 Å². The van der Waals surface area contributed by atoms with Crippen LogP contribution in [0.1, 0.15) is 18.4 Å². The Morgan fingerprint density at radius 3 is 2.62 bits per heavy atom. The lowest BCUT2D eigenvalue weighted by atomic mass is 10.00. The predicted octanol–water partition coefficient (Wildman–Crippen LogP) is 4.10. The summed E-state index contributed by atoms with van der Waals surface area (Å²) in [7, 11) is 1.86. The standard InChI is InChI=1S/C18H19F3N2O/c1-22-8-2-3-15-10-12-9-13(19)5-7-17(12)23(24-15)18-11-14(20)4-6-16(18)21/h4-7,9,11,15,22H,2-3,8,10H2,1H3. The topological polar surface area (TPSA) is 24.5 Å². The third kappa shape index (κ3) is 3.55. The maximum atomic E-state index is 14.2. The van der Waals surface area contributed by atoms with Crippen molar-refractivity contribution in [1.82, 2.24) is 5.32 Å². The Labute approximate surface area is 139 Å². The van der Waals surface area contributed by atoms with E-state index in [1.165, 1.54) is 23.3 Å². The van der Waals surface area contributed by atoms with Crippen LogP contribution in [0.5, 0.6) is 0 Å². The average Bonchev–Trinajstić information content (AvgIpc) is 2.56. The molecule has 0 aromatic heterocycles. The van der Waals surface area contributed by atoms with Gasteiger partial charge < -0.3 is 5.32 Å². The highest BCUT2D eigenvalue weighted by molar-refractivity contribution is 5.65. The number of benzene rings is 2. The van der Waals surface area contributed by atoms with E-state index in [1.807, 2.05) is 7.05 Å². The van der Waals surface area contributed by atoms with Crippen LogP contribution in [0.4, 0.5) is 24.5 Å². The molecule has 0 radical (unpaired) electrons. The van der Waals surface area contributed by atoms with Crippen LogP contribution < -0.4 is 10.4 Å². The second-order valence-electron chi connectivity index (χ2n) is 5.84. The Hall–Kier alpha value is -2.05. The van der Waals surface area contributed by atoms with Crippen molar-refractivity contribution in [1.29, 1.82) is 0 Å². The third-order valence-corrected chi connectivity index (χ3v) is 4.04. The normalized spacial score (nSPS) is 17.0. The molecule has 0 aliphatic carbocycles. The van der Waals surface area contributed by atoms with E-state index in [2.05, 4.69) is 5.32 Å². The molecular formula is C18H19F3N2O. The van der Waals surface area contributed by atoms with Crippen molar-refractivity contribution in [3.63, 3.8) is 0 Å².